The zero-order valence-electron chi connectivity index (χ0n) is 14.0. The molecule has 0 aromatic heterocycles. The van der Waals surface area contributed by atoms with Crippen LogP contribution in [0.5, 0.6) is 0 Å². The van der Waals surface area contributed by atoms with Crippen molar-refractivity contribution >= 4 is 22.6 Å². The zero-order chi connectivity index (χ0) is 16.6. The highest BCUT2D eigenvalue weighted by Crippen LogP contribution is 2.37. The van der Waals surface area contributed by atoms with Crippen molar-refractivity contribution in [3.8, 4) is 0 Å². The Labute approximate surface area is 147 Å². The Morgan fingerprint density at radius 2 is 1.88 bits per heavy atom. The van der Waals surface area contributed by atoms with Crippen molar-refractivity contribution in [1.29, 1.82) is 0 Å². The molecule has 2 heterocycles. The van der Waals surface area contributed by atoms with Gasteiger partial charge >= 0.3 is 5.17 Å². The van der Waals surface area contributed by atoms with Gasteiger partial charge in [-0.2, -0.15) is 0 Å². The first-order valence-electron chi connectivity index (χ1n) is 8.64. The molecule has 24 heavy (non-hydrogen) atoms. The van der Waals surface area contributed by atoms with E-state index in [4.69, 9.17) is 0 Å². The van der Waals surface area contributed by atoms with Gasteiger partial charge in [0.1, 0.15) is 5.69 Å². The van der Waals surface area contributed by atoms with Crippen LogP contribution in [0, 0.1) is 0 Å². The molecule has 124 valence electrons. The van der Waals surface area contributed by atoms with Gasteiger partial charge < -0.3 is 5.11 Å². The van der Waals surface area contributed by atoms with Crippen molar-refractivity contribution < 1.29 is 9.68 Å². The molecule has 1 atom stereocenters. The van der Waals surface area contributed by atoms with Crippen LogP contribution in [0.4, 0.5) is 5.69 Å². The lowest BCUT2D eigenvalue weighted by molar-refractivity contribution is -0.656. The maximum Gasteiger partial charge on any atom is 0.316 e. The van der Waals surface area contributed by atoms with Crippen molar-refractivity contribution in [2.45, 2.75) is 25.5 Å². The highest BCUT2D eigenvalue weighted by molar-refractivity contribution is 8.13. The molecule has 4 rings (SSSR count). The van der Waals surface area contributed by atoms with Gasteiger partial charge in [-0.15, -0.1) is 0 Å². The third-order valence-electron chi connectivity index (χ3n) is 4.94. The Kier molecular flexibility index (Phi) is 4.10. The van der Waals surface area contributed by atoms with E-state index in [2.05, 4.69) is 40.7 Å². The van der Waals surface area contributed by atoms with E-state index in [1.807, 2.05) is 42.1 Å². The Hall–Kier alpha value is -1.78. The van der Waals surface area contributed by atoms with Gasteiger partial charge in [-0.3, -0.25) is 0 Å². The van der Waals surface area contributed by atoms with Crippen LogP contribution in [0.1, 0.15) is 24.5 Å². The minimum absolute atomic E-state index is 0.574. The average Bonchev–Trinajstić information content (AvgIpc) is 2.97. The Balaban J connectivity index is 1.76. The van der Waals surface area contributed by atoms with Gasteiger partial charge in [0.25, 0.3) is 5.72 Å². The molecule has 3 nitrogen and oxygen atoms in total. The first kappa shape index (κ1) is 15.7. The van der Waals surface area contributed by atoms with E-state index in [0.29, 0.717) is 6.54 Å². The highest BCUT2D eigenvalue weighted by Gasteiger charge is 2.53. The van der Waals surface area contributed by atoms with E-state index < -0.39 is 5.72 Å². The number of hydrogen-bond acceptors (Lipinski definition) is 3. The predicted molar refractivity (Wildman–Crippen MR) is 101 cm³/mol. The summed E-state index contributed by atoms with van der Waals surface area (Å²) in [4.78, 5) is 2.27. The molecule has 2 aliphatic rings. The smallest absolute Gasteiger partial charge is 0.316 e. The highest BCUT2D eigenvalue weighted by atomic mass is 32.2. The van der Waals surface area contributed by atoms with Gasteiger partial charge in [-0.05, 0) is 42.3 Å². The molecule has 1 unspecified atom stereocenters. The van der Waals surface area contributed by atoms with E-state index in [-0.39, 0.29) is 0 Å². The van der Waals surface area contributed by atoms with E-state index in [0.717, 1.165) is 36.4 Å². The molecule has 0 radical (unpaired) electrons. The fourth-order valence-electron chi connectivity index (χ4n) is 3.57. The van der Waals surface area contributed by atoms with Crippen LogP contribution in [0.15, 0.2) is 54.6 Å². The van der Waals surface area contributed by atoms with Crippen molar-refractivity contribution in [3.05, 3.63) is 65.7 Å². The maximum atomic E-state index is 11.5. The predicted octanol–water partition coefficient (Wildman–Crippen LogP) is 3.42. The van der Waals surface area contributed by atoms with Crippen LogP contribution in [-0.2, 0) is 12.1 Å². The molecule has 4 heteroatoms. The molecule has 1 N–H and O–H groups in total. The summed E-state index contributed by atoms with van der Waals surface area (Å²) in [7, 11) is 0. The summed E-state index contributed by atoms with van der Waals surface area (Å²) in [6.45, 7) is 3.65. The lowest BCUT2D eigenvalue weighted by Gasteiger charge is -2.24. The first-order valence-corrected chi connectivity index (χ1v) is 9.63. The Bertz CT molecular complexity index is 757. The second-order valence-electron chi connectivity index (χ2n) is 6.43. The summed E-state index contributed by atoms with van der Waals surface area (Å²) in [5, 5.41) is 12.7. The number of anilines is 1. The Morgan fingerprint density at radius 3 is 2.58 bits per heavy atom. The van der Waals surface area contributed by atoms with Gasteiger partial charge in [-0.1, -0.05) is 49.4 Å². The molecule has 0 saturated carbocycles. The van der Waals surface area contributed by atoms with Crippen LogP contribution in [0.25, 0.3) is 0 Å². The number of aryl methyl sites for hydroxylation is 1. The fraction of sp³-hybridized carbons (Fsp3) is 0.350. The van der Waals surface area contributed by atoms with Gasteiger partial charge in [0, 0.05) is 11.3 Å². The van der Waals surface area contributed by atoms with Crippen molar-refractivity contribution in [1.82, 2.24) is 0 Å². The maximum absolute atomic E-state index is 11.5. The van der Waals surface area contributed by atoms with Crippen LogP contribution < -0.4 is 4.90 Å². The van der Waals surface area contributed by atoms with Gasteiger partial charge in [0.2, 0.25) is 0 Å². The zero-order valence-corrected chi connectivity index (χ0v) is 14.8. The van der Waals surface area contributed by atoms with Crippen LogP contribution in [0.3, 0.4) is 0 Å². The van der Waals surface area contributed by atoms with E-state index >= 15 is 0 Å². The summed E-state index contributed by atoms with van der Waals surface area (Å²) in [6, 6.07) is 18.8. The second kappa shape index (κ2) is 6.26. The van der Waals surface area contributed by atoms with Crippen molar-refractivity contribution in [2.75, 3.05) is 23.7 Å². The normalized spacial score (nSPS) is 23.5. The molecule has 0 bridgehead atoms. The largest absolute Gasteiger partial charge is 0.346 e. The van der Waals surface area contributed by atoms with Gasteiger partial charge in [-0.25, -0.2) is 9.48 Å². The van der Waals surface area contributed by atoms with Crippen LogP contribution in [-0.4, -0.2) is 33.7 Å². The van der Waals surface area contributed by atoms with E-state index in [1.54, 1.807) is 0 Å². The second-order valence-corrected chi connectivity index (χ2v) is 7.49. The number of thioether (sulfide) groups is 1. The third kappa shape index (κ3) is 2.54. The quantitative estimate of drug-likeness (QED) is 0.868. The molecule has 0 spiro atoms. The molecule has 2 aliphatic heterocycles. The minimum Gasteiger partial charge on any atom is -0.346 e. The molecule has 2 aromatic rings. The summed E-state index contributed by atoms with van der Waals surface area (Å²) >= 11 is 1.85. The molecule has 0 aliphatic carbocycles. The van der Waals surface area contributed by atoms with Crippen LogP contribution >= 0.6 is 11.8 Å². The Morgan fingerprint density at radius 1 is 1.12 bits per heavy atom. The minimum atomic E-state index is -0.951. The molecule has 0 amide bonds. The van der Waals surface area contributed by atoms with Crippen molar-refractivity contribution in [2.24, 2.45) is 0 Å². The third-order valence-corrected chi connectivity index (χ3v) is 6.13. The number of rotatable bonds is 3. The number of aliphatic hydroxyl groups is 1. The van der Waals surface area contributed by atoms with Gasteiger partial charge in [0.05, 0.1) is 6.54 Å². The average molecular weight is 339 g/mol. The number of hydrogen-bond donors (Lipinski definition) is 1. The molecular weight excluding hydrogens is 316 g/mol. The van der Waals surface area contributed by atoms with Crippen molar-refractivity contribution in [3.63, 3.8) is 0 Å². The summed E-state index contributed by atoms with van der Waals surface area (Å²) < 4.78 is 2.18. The molecular formula is C20H23N2OS+. The molecule has 0 fully saturated rings. The van der Waals surface area contributed by atoms with E-state index in [1.165, 1.54) is 10.7 Å². The molecule has 2 aromatic carbocycles. The monoisotopic (exact) mass is 339 g/mol. The fourth-order valence-corrected chi connectivity index (χ4v) is 4.75. The topological polar surface area (TPSA) is 26.5 Å². The molecule has 0 saturated heterocycles. The van der Waals surface area contributed by atoms with Crippen LogP contribution in [0.2, 0.25) is 0 Å². The number of benzene rings is 2. The first-order chi connectivity index (χ1) is 11.7. The summed E-state index contributed by atoms with van der Waals surface area (Å²) in [5.41, 5.74) is 2.52. The van der Waals surface area contributed by atoms with Gasteiger partial charge in [0.15, 0.2) is 6.54 Å². The summed E-state index contributed by atoms with van der Waals surface area (Å²) in [6.07, 6.45) is 2.15. The lowest BCUT2D eigenvalue weighted by atomic mass is 10.0. The number of nitrogens with zero attached hydrogens (tertiary/aromatic N) is 2. The summed E-state index contributed by atoms with van der Waals surface area (Å²) in [5.74, 6) is 1.11. The number of β-amino-alcohol motifs (C(OH)–C–C–N with tert-alkyl or cyclic N) is 1. The number of amidine groups is 1. The lowest BCUT2D eigenvalue weighted by Crippen LogP contribution is -2.41. The SMILES string of the molecule is CCc1ccc(N2CC(O)(c3ccccc3)[N+]3=C2SCCC3)cc1. The van der Waals surface area contributed by atoms with E-state index in [9.17, 15) is 5.11 Å². The standard InChI is InChI=1S/C20H23N2OS/c1-2-16-9-11-18(12-10-16)21-15-20(23,17-7-4-3-5-8-17)22-13-6-14-24-19(21)22/h3-5,7-12,23H,2,6,13-15H2,1H3/q+1.